The summed E-state index contributed by atoms with van der Waals surface area (Å²) in [5, 5.41) is 0. The molecule has 1 saturated heterocycles. The van der Waals surface area contributed by atoms with Crippen molar-refractivity contribution in [1.29, 1.82) is 0 Å². The van der Waals surface area contributed by atoms with Crippen LogP contribution in [0.2, 0.25) is 0 Å². The summed E-state index contributed by atoms with van der Waals surface area (Å²) in [5.41, 5.74) is 1.71. The van der Waals surface area contributed by atoms with Crippen LogP contribution in [0.25, 0.3) is 0 Å². The van der Waals surface area contributed by atoms with Crippen LogP contribution < -0.4 is 0 Å². The Balaban J connectivity index is 1.57. The molecule has 1 atom stereocenters. The minimum Gasteiger partial charge on any atom is -0.338 e. The Bertz CT molecular complexity index is 728. The molecular weight excluding hydrogens is 329 g/mol. The van der Waals surface area contributed by atoms with Gasteiger partial charge in [0.25, 0.3) is 5.91 Å². The van der Waals surface area contributed by atoms with Crippen molar-refractivity contribution in [1.82, 2.24) is 14.9 Å². The third-order valence-corrected chi connectivity index (χ3v) is 5.00. The summed E-state index contributed by atoms with van der Waals surface area (Å²) in [6.07, 6.45) is 7.37. The molecule has 1 aliphatic rings. The van der Waals surface area contributed by atoms with Gasteiger partial charge in [0, 0.05) is 31.4 Å². The number of likely N-dealkylation sites (tertiary alicyclic amines) is 1. The van der Waals surface area contributed by atoms with Gasteiger partial charge in [-0.25, -0.2) is 14.4 Å². The van der Waals surface area contributed by atoms with E-state index >= 15 is 0 Å². The highest BCUT2D eigenvalue weighted by Gasteiger charge is 2.24. The Morgan fingerprint density at radius 1 is 1.23 bits per heavy atom. The first-order valence-corrected chi connectivity index (χ1v) is 9.38. The molecule has 26 heavy (non-hydrogen) atoms. The molecule has 5 heteroatoms. The summed E-state index contributed by atoms with van der Waals surface area (Å²) in [7, 11) is 0. The van der Waals surface area contributed by atoms with Crippen LogP contribution in [0.3, 0.4) is 0 Å². The molecule has 2 heterocycles. The van der Waals surface area contributed by atoms with Crippen molar-refractivity contribution in [3.05, 3.63) is 59.4 Å². The zero-order valence-electron chi connectivity index (χ0n) is 15.5. The van der Waals surface area contributed by atoms with Crippen LogP contribution in [0.4, 0.5) is 4.39 Å². The molecule has 0 N–H and O–H groups in total. The van der Waals surface area contributed by atoms with Crippen molar-refractivity contribution in [2.24, 2.45) is 5.92 Å². The maximum Gasteiger partial charge on any atom is 0.256 e. The maximum atomic E-state index is 13.0. The number of amides is 1. The Morgan fingerprint density at radius 2 is 1.92 bits per heavy atom. The number of carbonyl (C=O) groups is 1. The number of halogens is 1. The van der Waals surface area contributed by atoms with Crippen molar-refractivity contribution in [2.75, 3.05) is 13.1 Å². The summed E-state index contributed by atoms with van der Waals surface area (Å²) in [6, 6.07) is 6.70. The molecule has 0 bridgehead atoms. The van der Waals surface area contributed by atoms with Crippen LogP contribution in [-0.2, 0) is 6.42 Å². The maximum absolute atomic E-state index is 13.0. The van der Waals surface area contributed by atoms with Crippen molar-refractivity contribution in [3.63, 3.8) is 0 Å². The third-order valence-electron chi connectivity index (χ3n) is 5.00. The van der Waals surface area contributed by atoms with E-state index in [0.29, 0.717) is 11.5 Å². The van der Waals surface area contributed by atoms with Gasteiger partial charge in [0.05, 0.1) is 5.56 Å². The van der Waals surface area contributed by atoms with Crippen LogP contribution in [0.1, 0.15) is 60.8 Å². The molecule has 3 rings (SSSR count). The molecular formula is C21H26FN3O. The van der Waals surface area contributed by atoms with Crippen LogP contribution in [0, 0.1) is 11.7 Å². The summed E-state index contributed by atoms with van der Waals surface area (Å²) >= 11 is 0. The van der Waals surface area contributed by atoms with E-state index in [1.54, 1.807) is 12.4 Å². The number of nitrogens with zero attached hydrogens (tertiary/aromatic N) is 3. The molecule has 1 aromatic heterocycles. The first kappa shape index (κ1) is 18.5. The van der Waals surface area contributed by atoms with Gasteiger partial charge in [0.2, 0.25) is 0 Å². The Labute approximate surface area is 154 Å². The van der Waals surface area contributed by atoms with E-state index in [9.17, 15) is 9.18 Å². The molecule has 0 spiro atoms. The summed E-state index contributed by atoms with van der Waals surface area (Å²) in [5.74, 6) is 1.32. The smallest absolute Gasteiger partial charge is 0.256 e. The quantitative estimate of drug-likeness (QED) is 0.806. The van der Waals surface area contributed by atoms with Crippen molar-refractivity contribution >= 4 is 5.91 Å². The van der Waals surface area contributed by atoms with Gasteiger partial charge in [-0.05, 0) is 49.3 Å². The van der Waals surface area contributed by atoms with E-state index < -0.39 is 0 Å². The predicted molar refractivity (Wildman–Crippen MR) is 99.5 cm³/mol. The average Bonchev–Trinajstić information content (AvgIpc) is 2.67. The number of aromatic nitrogens is 2. The van der Waals surface area contributed by atoms with Gasteiger partial charge in [0.1, 0.15) is 11.6 Å². The van der Waals surface area contributed by atoms with Crippen LogP contribution in [-0.4, -0.2) is 33.9 Å². The Kier molecular flexibility index (Phi) is 5.96. The van der Waals surface area contributed by atoms with Crippen molar-refractivity contribution < 1.29 is 9.18 Å². The van der Waals surface area contributed by atoms with Crippen molar-refractivity contribution in [3.8, 4) is 0 Å². The van der Waals surface area contributed by atoms with E-state index in [4.69, 9.17) is 0 Å². The summed E-state index contributed by atoms with van der Waals surface area (Å²) in [4.78, 5) is 23.3. The van der Waals surface area contributed by atoms with Gasteiger partial charge < -0.3 is 4.90 Å². The lowest BCUT2D eigenvalue weighted by Crippen LogP contribution is -2.40. The summed E-state index contributed by atoms with van der Waals surface area (Å²) in [6.45, 7) is 5.63. The average molecular weight is 355 g/mol. The fourth-order valence-corrected chi connectivity index (χ4v) is 3.44. The lowest BCUT2D eigenvalue weighted by Gasteiger charge is -2.33. The molecule has 0 radical (unpaired) electrons. The van der Waals surface area contributed by atoms with Crippen LogP contribution >= 0.6 is 0 Å². The highest BCUT2D eigenvalue weighted by atomic mass is 19.1. The van der Waals surface area contributed by atoms with E-state index in [1.165, 1.54) is 12.1 Å². The minimum atomic E-state index is -0.200. The molecule has 1 aliphatic heterocycles. The van der Waals surface area contributed by atoms with Gasteiger partial charge in [0.15, 0.2) is 0 Å². The SMILES string of the molecule is CC(C)c1ncc(C(=O)N2CCC[C@H](CCc3ccc(F)cc3)C2)cn1. The fraction of sp³-hybridized carbons (Fsp3) is 0.476. The predicted octanol–water partition coefficient (Wildman–Crippen LogP) is 4.22. The van der Waals surface area contributed by atoms with Gasteiger partial charge in [-0.2, -0.15) is 0 Å². The van der Waals surface area contributed by atoms with Crippen molar-refractivity contribution in [2.45, 2.75) is 45.4 Å². The van der Waals surface area contributed by atoms with E-state index in [2.05, 4.69) is 9.97 Å². The Hall–Kier alpha value is -2.30. The third kappa shape index (κ3) is 4.65. The van der Waals surface area contributed by atoms with E-state index in [1.807, 2.05) is 30.9 Å². The number of hydrogen-bond acceptors (Lipinski definition) is 3. The number of aryl methyl sites for hydroxylation is 1. The lowest BCUT2D eigenvalue weighted by atomic mass is 9.91. The molecule has 2 aromatic rings. The molecule has 1 aromatic carbocycles. The van der Waals surface area contributed by atoms with Crippen LogP contribution in [0.15, 0.2) is 36.7 Å². The topological polar surface area (TPSA) is 46.1 Å². The Morgan fingerprint density at radius 3 is 2.58 bits per heavy atom. The molecule has 0 saturated carbocycles. The van der Waals surface area contributed by atoms with E-state index in [-0.39, 0.29) is 17.6 Å². The number of rotatable bonds is 5. The highest BCUT2D eigenvalue weighted by Crippen LogP contribution is 2.23. The lowest BCUT2D eigenvalue weighted by molar-refractivity contribution is 0.0667. The largest absolute Gasteiger partial charge is 0.338 e. The monoisotopic (exact) mass is 355 g/mol. The molecule has 4 nitrogen and oxygen atoms in total. The normalized spacial score (nSPS) is 17.5. The molecule has 0 unspecified atom stereocenters. The van der Waals surface area contributed by atoms with Gasteiger partial charge in [-0.3, -0.25) is 4.79 Å². The first-order valence-electron chi connectivity index (χ1n) is 9.38. The van der Waals surface area contributed by atoms with Gasteiger partial charge in [-0.1, -0.05) is 26.0 Å². The second kappa shape index (κ2) is 8.39. The molecule has 1 fully saturated rings. The minimum absolute atomic E-state index is 0.0202. The number of hydrogen-bond donors (Lipinski definition) is 0. The van der Waals surface area contributed by atoms with Gasteiger partial charge >= 0.3 is 0 Å². The highest BCUT2D eigenvalue weighted by molar-refractivity contribution is 5.93. The molecule has 1 amide bonds. The second-order valence-corrected chi connectivity index (χ2v) is 7.41. The first-order chi connectivity index (χ1) is 12.5. The number of benzene rings is 1. The molecule has 0 aliphatic carbocycles. The number of carbonyl (C=O) groups excluding carboxylic acids is 1. The summed E-state index contributed by atoms with van der Waals surface area (Å²) < 4.78 is 13.0. The van der Waals surface area contributed by atoms with E-state index in [0.717, 1.165) is 50.2 Å². The zero-order valence-corrected chi connectivity index (χ0v) is 15.5. The number of piperidine rings is 1. The van der Waals surface area contributed by atoms with Crippen LogP contribution in [0.5, 0.6) is 0 Å². The van der Waals surface area contributed by atoms with Gasteiger partial charge in [-0.15, -0.1) is 0 Å². The standard InChI is InChI=1S/C21H26FN3O/c1-15(2)20-23-12-18(13-24-20)21(26)25-11-3-4-17(14-25)6-5-16-7-9-19(22)10-8-16/h7-10,12-13,15,17H,3-6,11,14H2,1-2H3/t17-/m1/s1. The second-order valence-electron chi connectivity index (χ2n) is 7.41. The molecule has 138 valence electrons. The zero-order chi connectivity index (χ0) is 18.5. The fourth-order valence-electron chi connectivity index (χ4n) is 3.44.